The van der Waals surface area contributed by atoms with E-state index in [2.05, 4.69) is 10.1 Å². The minimum atomic E-state index is -2.94. The Kier molecular flexibility index (Phi) is 7.39. The average Bonchev–Trinajstić information content (AvgIpc) is 3.61. The number of benzene rings is 2. The highest BCUT2D eigenvalue weighted by molar-refractivity contribution is 6.34. The maximum atomic E-state index is 12.8. The zero-order chi connectivity index (χ0) is 23.4. The molecule has 10 heteroatoms. The molecule has 1 fully saturated rings. The first-order valence-electron chi connectivity index (χ1n) is 10.8. The van der Waals surface area contributed by atoms with E-state index in [1.807, 2.05) is 4.90 Å². The summed E-state index contributed by atoms with van der Waals surface area (Å²) in [6.45, 7) is 0.635. The number of carbonyl (C=O) groups excluding carboxylic acids is 1. The van der Waals surface area contributed by atoms with Gasteiger partial charge in [0.15, 0.2) is 23.0 Å². The fraction of sp³-hybridized carbons (Fsp3) is 0.435. The van der Waals surface area contributed by atoms with Crippen LogP contribution in [0, 0.1) is 0 Å². The van der Waals surface area contributed by atoms with E-state index < -0.39 is 6.61 Å². The highest BCUT2D eigenvalue weighted by Crippen LogP contribution is 2.38. The van der Waals surface area contributed by atoms with Gasteiger partial charge in [-0.3, -0.25) is 9.69 Å². The molecule has 1 heterocycles. The zero-order valence-electron chi connectivity index (χ0n) is 18.1. The molecule has 0 bridgehead atoms. The maximum Gasteiger partial charge on any atom is 0.387 e. The van der Waals surface area contributed by atoms with E-state index in [9.17, 15) is 13.6 Å². The summed E-state index contributed by atoms with van der Waals surface area (Å²) in [5.74, 6) is 1.10. The Morgan fingerprint density at radius 3 is 2.58 bits per heavy atom. The van der Waals surface area contributed by atoms with Gasteiger partial charge < -0.3 is 24.3 Å². The topological polar surface area (TPSA) is 69.3 Å². The highest BCUT2D eigenvalue weighted by Gasteiger charge is 2.31. The molecule has 2 aliphatic rings. The molecule has 0 spiro atoms. The van der Waals surface area contributed by atoms with Crippen LogP contribution in [0.2, 0.25) is 5.02 Å². The predicted octanol–water partition coefficient (Wildman–Crippen LogP) is 4.71. The quantitative estimate of drug-likeness (QED) is 0.528. The average molecular weight is 483 g/mol. The van der Waals surface area contributed by atoms with Crippen LogP contribution < -0.4 is 24.3 Å². The minimum absolute atomic E-state index is 0.0143. The number of ether oxygens (including phenoxy) is 4. The van der Waals surface area contributed by atoms with Gasteiger partial charge in [0.2, 0.25) is 5.91 Å². The van der Waals surface area contributed by atoms with Crippen molar-refractivity contribution in [3.05, 3.63) is 40.9 Å². The number of hydrogen-bond donors (Lipinski definition) is 1. The summed E-state index contributed by atoms with van der Waals surface area (Å²) in [6.07, 6.45) is 1.98. The standard InChI is InChI=1S/C23H25ClF2N2O5/c1-2-30-19-9-14(3-6-18(19)33-23(25)26)12-28(15-4-5-15)13-22(29)27-17-11-21-20(10-16(17)24)31-7-8-32-21/h3,6,9-11,15,23H,2,4-5,7-8,12-13H2,1H3,(H,27,29). The van der Waals surface area contributed by atoms with E-state index in [4.69, 9.17) is 25.8 Å². The number of nitrogens with zero attached hydrogens (tertiary/aromatic N) is 1. The maximum absolute atomic E-state index is 12.8. The molecule has 0 radical (unpaired) electrons. The van der Waals surface area contributed by atoms with E-state index in [1.165, 1.54) is 6.07 Å². The van der Waals surface area contributed by atoms with Crippen molar-refractivity contribution in [2.75, 3.05) is 31.7 Å². The van der Waals surface area contributed by atoms with Crippen molar-refractivity contribution >= 4 is 23.2 Å². The van der Waals surface area contributed by atoms with Gasteiger partial charge in [-0.15, -0.1) is 0 Å². The van der Waals surface area contributed by atoms with Crippen LogP contribution in [0.4, 0.5) is 14.5 Å². The Bertz CT molecular complexity index is 1000. The molecule has 1 saturated carbocycles. The number of halogens is 3. The monoisotopic (exact) mass is 482 g/mol. The summed E-state index contributed by atoms with van der Waals surface area (Å²) in [4.78, 5) is 14.8. The van der Waals surface area contributed by atoms with Crippen LogP contribution in [0.15, 0.2) is 30.3 Å². The van der Waals surface area contributed by atoms with E-state index >= 15 is 0 Å². The molecule has 7 nitrogen and oxygen atoms in total. The summed E-state index contributed by atoms with van der Waals surface area (Å²) in [6, 6.07) is 8.40. The lowest BCUT2D eigenvalue weighted by molar-refractivity contribution is -0.117. The molecule has 0 aromatic heterocycles. The molecular weight excluding hydrogens is 458 g/mol. The minimum Gasteiger partial charge on any atom is -0.490 e. The van der Waals surface area contributed by atoms with Gasteiger partial charge in [0.1, 0.15) is 13.2 Å². The Morgan fingerprint density at radius 1 is 1.18 bits per heavy atom. The Balaban J connectivity index is 1.43. The first-order chi connectivity index (χ1) is 15.9. The van der Waals surface area contributed by atoms with Crippen molar-refractivity contribution < 1.29 is 32.5 Å². The molecule has 4 rings (SSSR count). The molecule has 0 atom stereocenters. The van der Waals surface area contributed by atoms with Gasteiger partial charge in [0.25, 0.3) is 0 Å². The van der Waals surface area contributed by atoms with Gasteiger partial charge in [-0.05, 0) is 37.5 Å². The second-order valence-corrected chi connectivity index (χ2v) is 8.16. The zero-order valence-corrected chi connectivity index (χ0v) is 18.9. The van der Waals surface area contributed by atoms with Crippen LogP contribution in [0.3, 0.4) is 0 Å². The molecule has 0 unspecified atom stereocenters. The second-order valence-electron chi connectivity index (χ2n) is 7.75. The largest absolute Gasteiger partial charge is 0.490 e. The number of rotatable bonds is 10. The van der Waals surface area contributed by atoms with Crippen molar-refractivity contribution in [1.29, 1.82) is 0 Å². The predicted molar refractivity (Wildman–Crippen MR) is 119 cm³/mol. The summed E-state index contributed by atoms with van der Waals surface area (Å²) < 4.78 is 46.4. The lowest BCUT2D eigenvalue weighted by Gasteiger charge is -2.23. The Morgan fingerprint density at radius 2 is 1.91 bits per heavy atom. The molecule has 1 aliphatic carbocycles. The van der Waals surface area contributed by atoms with E-state index in [-0.39, 0.29) is 30.0 Å². The van der Waals surface area contributed by atoms with Crippen molar-refractivity contribution in [2.24, 2.45) is 0 Å². The van der Waals surface area contributed by atoms with Crippen molar-refractivity contribution in [2.45, 2.75) is 39.0 Å². The number of hydrogen-bond acceptors (Lipinski definition) is 6. The van der Waals surface area contributed by atoms with Crippen molar-refractivity contribution in [1.82, 2.24) is 4.90 Å². The Labute approximate surface area is 195 Å². The SMILES string of the molecule is CCOc1cc(CN(CC(=O)Nc2cc3c(cc2Cl)OCCO3)C2CC2)ccc1OC(F)F. The van der Waals surface area contributed by atoms with Crippen LogP contribution in [0.25, 0.3) is 0 Å². The molecule has 178 valence electrons. The van der Waals surface area contributed by atoms with E-state index in [1.54, 1.807) is 31.2 Å². The van der Waals surface area contributed by atoms with Gasteiger partial charge in [-0.2, -0.15) is 8.78 Å². The third-order valence-electron chi connectivity index (χ3n) is 5.23. The van der Waals surface area contributed by atoms with Crippen molar-refractivity contribution in [3.8, 4) is 23.0 Å². The summed E-state index contributed by atoms with van der Waals surface area (Å²) >= 11 is 6.30. The van der Waals surface area contributed by atoms with E-state index in [0.29, 0.717) is 48.6 Å². The molecule has 1 aliphatic heterocycles. The molecule has 2 aromatic rings. The van der Waals surface area contributed by atoms with Crippen LogP contribution >= 0.6 is 11.6 Å². The third kappa shape index (κ3) is 6.17. The van der Waals surface area contributed by atoms with Gasteiger partial charge in [-0.1, -0.05) is 17.7 Å². The summed E-state index contributed by atoms with van der Waals surface area (Å²) in [5.41, 5.74) is 1.28. The van der Waals surface area contributed by atoms with Gasteiger partial charge in [-0.25, -0.2) is 0 Å². The summed E-state index contributed by atoms with van der Waals surface area (Å²) in [5, 5.41) is 3.21. The smallest absolute Gasteiger partial charge is 0.387 e. The van der Waals surface area contributed by atoms with Crippen LogP contribution in [-0.2, 0) is 11.3 Å². The normalized spacial score (nSPS) is 15.0. The molecule has 1 N–H and O–H groups in total. The fourth-order valence-electron chi connectivity index (χ4n) is 3.63. The number of anilines is 1. The van der Waals surface area contributed by atoms with Crippen LogP contribution in [0.1, 0.15) is 25.3 Å². The van der Waals surface area contributed by atoms with Crippen LogP contribution in [0.5, 0.6) is 23.0 Å². The van der Waals surface area contributed by atoms with Crippen LogP contribution in [-0.4, -0.2) is 49.8 Å². The first-order valence-corrected chi connectivity index (χ1v) is 11.1. The fourth-order valence-corrected chi connectivity index (χ4v) is 3.84. The third-order valence-corrected chi connectivity index (χ3v) is 5.54. The Hall–Kier alpha value is -2.78. The molecular formula is C23H25ClF2N2O5. The molecule has 2 aromatic carbocycles. The lowest BCUT2D eigenvalue weighted by atomic mass is 10.2. The van der Waals surface area contributed by atoms with Gasteiger partial charge in [0.05, 0.1) is 23.9 Å². The molecule has 33 heavy (non-hydrogen) atoms. The summed E-state index contributed by atoms with van der Waals surface area (Å²) in [7, 11) is 0. The number of alkyl halides is 2. The number of carbonyl (C=O) groups is 1. The number of amides is 1. The number of nitrogens with one attached hydrogen (secondary N) is 1. The van der Waals surface area contributed by atoms with Gasteiger partial charge in [0, 0.05) is 24.7 Å². The van der Waals surface area contributed by atoms with Crippen molar-refractivity contribution in [3.63, 3.8) is 0 Å². The molecule has 1 amide bonds. The highest BCUT2D eigenvalue weighted by atomic mass is 35.5. The van der Waals surface area contributed by atoms with Gasteiger partial charge >= 0.3 is 6.61 Å². The first kappa shape index (κ1) is 23.4. The lowest BCUT2D eigenvalue weighted by Crippen LogP contribution is -2.34. The van der Waals surface area contributed by atoms with E-state index in [0.717, 1.165) is 18.4 Å². The number of fused-ring (bicyclic) bond motifs is 1. The second kappa shape index (κ2) is 10.4. The molecule has 0 saturated heterocycles.